The second-order valence-corrected chi connectivity index (χ2v) is 10.4. The van der Waals surface area contributed by atoms with Crippen molar-refractivity contribution in [2.45, 2.75) is 57.9 Å². The number of aromatic nitrogens is 5. The van der Waals surface area contributed by atoms with Crippen molar-refractivity contribution in [1.82, 2.24) is 29.2 Å². The van der Waals surface area contributed by atoms with E-state index in [2.05, 4.69) is 57.1 Å². The molecule has 9 nitrogen and oxygen atoms in total. The third-order valence-corrected chi connectivity index (χ3v) is 7.75. The highest BCUT2D eigenvalue weighted by Gasteiger charge is 2.30. The van der Waals surface area contributed by atoms with Gasteiger partial charge in [-0.05, 0) is 55.5 Å². The van der Waals surface area contributed by atoms with E-state index < -0.39 is 18.5 Å². The van der Waals surface area contributed by atoms with Crippen molar-refractivity contribution >= 4 is 22.8 Å². The van der Waals surface area contributed by atoms with Crippen LogP contribution in [-0.2, 0) is 24.3 Å². The molecule has 1 fully saturated rings. The Labute approximate surface area is 235 Å². The number of hydrogen-bond acceptors (Lipinski definition) is 5. The predicted molar refractivity (Wildman–Crippen MR) is 148 cm³/mol. The molecule has 12 heteroatoms. The van der Waals surface area contributed by atoms with Crippen LogP contribution in [-0.4, -0.2) is 54.4 Å². The van der Waals surface area contributed by atoms with E-state index in [1.54, 1.807) is 10.8 Å². The third-order valence-electron chi connectivity index (χ3n) is 7.75. The number of benzene rings is 1. The fourth-order valence-electron chi connectivity index (χ4n) is 5.59. The summed E-state index contributed by atoms with van der Waals surface area (Å²) in [5.41, 5.74) is 5.29. The van der Waals surface area contributed by atoms with E-state index in [1.165, 1.54) is 6.20 Å². The lowest BCUT2D eigenvalue weighted by Gasteiger charge is -2.34. The Morgan fingerprint density at radius 1 is 1.27 bits per heavy atom. The van der Waals surface area contributed by atoms with Crippen molar-refractivity contribution in [2.24, 2.45) is 0 Å². The number of likely N-dealkylation sites (tertiary alicyclic amines) is 1. The van der Waals surface area contributed by atoms with Crippen LogP contribution in [0.4, 0.5) is 19.1 Å². The molecule has 1 saturated heterocycles. The number of nitrogens with zero attached hydrogens (tertiary/aromatic N) is 6. The maximum atomic E-state index is 13.0. The minimum atomic E-state index is -4.28. The molecule has 0 bridgehead atoms. The Kier molecular flexibility index (Phi) is 7.99. The first kappa shape index (κ1) is 28.2. The van der Waals surface area contributed by atoms with Gasteiger partial charge in [-0.2, -0.15) is 23.5 Å². The maximum absolute atomic E-state index is 13.0. The molecule has 3 aromatic heterocycles. The molecule has 1 aromatic carbocycles. The molecule has 1 aliphatic rings. The Bertz CT molecular complexity index is 1580. The minimum Gasteiger partial charge on any atom is -0.328 e. The molecule has 2 N–H and O–H groups in total. The summed E-state index contributed by atoms with van der Waals surface area (Å²) in [6, 6.07) is 8.31. The third kappa shape index (κ3) is 6.20. The second kappa shape index (κ2) is 11.6. The predicted octanol–water partition coefficient (Wildman–Crippen LogP) is 5.25. The summed E-state index contributed by atoms with van der Waals surface area (Å²) in [7, 11) is 0. The van der Waals surface area contributed by atoms with Gasteiger partial charge in [-0.25, -0.2) is 4.98 Å². The molecule has 5 rings (SSSR count). The standard InChI is InChI=1S/C29H31F3N8O/c1-3-27(41)37-28-34-16-23(6-9-29(30,31)32)40(28)22-7-10-38(11-8-22)18-21-4-5-26-25(19(21)2)12-24(13-33)39(26)17-20-14-35-36-15-20/h3-5,12,14-16,22H,1,6-11,17-18H2,2H3,(H,35,36)(H,34,37,41). The number of carbonyl (C=O) groups excluding carboxylic acids is 1. The van der Waals surface area contributed by atoms with Crippen LogP contribution >= 0.6 is 0 Å². The average molecular weight is 565 g/mol. The van der Waals surface area contributed by atoms with Crippen LogP contribution in [0.25, 0.3) is 10.9 Å². The number of carbonyl (C=O) groups is 1. The fourth-order valence-corrected chi connectivity index (χ4v) is 5.59. The summed E-state index contributed by atoms with van der Waals surface area (Å²) in [5, 5.41) is 20.2. The van der Waals surface area contributed by atoms with Crippen LogP contribution in [0.3, 0.4) is 0 Å². The number of nitrogens with one attached hydrogen (secondary N) is 2. The van der Waals surface area contributed by atoms with Gasteiger partial charge in [-0.15, -0.1) is 0 Å². The van der Waals surface area contributed by atoms with Gasteiger partial charge in [-0.1, -0.05) is 12.6 Å². The van der Waals surface area contributed by atoms with Gasteiger partial charge in [0.15, 0.2) is 0 Å². The number of anilines is 1. The van der Waals surface area contributed by atoms with Crippen molar-refractivity contribution in [2.75, 3.05) is 18.4 Å². The lowest BCUT2D eigenvalue weighted by Crippen LogP contribution is -2.35. The van der Waals surface area contributed by atoms with Crippen molar-refractivity contribution in [1.29, 1.82) is 5.26 Å². The first-order valence-electron chi connectivity index (χ1n) is 13.4. The van der Waals surface area contributed by atoms with Gasteiger partial charge in [0, 0.05) is 60.5 Å². The highest BCUT2D eigenvalue weighted by Crippen LogP contribution is 2.32. The molecule has 1 amide bonds. The van der Waals surface area contributed by atoms with Crippen LogP contribution in [0.5, 0.6) is 0 Å². The van der Waals surface area contributed by atoms with E-state index in [-0.39, 0.29) is 18.4 Å². The minimum absolute atomic E-state index is 0.0872. The number of alkyl halides is 3. The molecule has 0 radical (unpaired) electrons. The van der Waals surface area contributed by atoms with Crippen LogP contribution < -0.4 is 5.32 Å². The van der Waals surface area contributed by atoms with Crippen molar-refractivity contribution in [3.05, 3.63) is 77.5 Å². The van der Waals surface area contributed by atoms with Crippen molar-refractivity contribution in [3.8, 4) is 6.07 Å². The molecule has 4 heterocycles. The highest BCUT2D eigenvalue weighted by atomic mass is 19.4. The molecule has 1 aliphatic heterocycles. The zero-order valence-corrected chi connectivity index (χ0v) is 22.7. The van der Waals surface area contributed by atoms with Gasteiger partial charge >= 0.3 is 6.18 Å². The highest BCUT2D eigenvalue weighted by molar-refractivity contribution is 5.97. The molecule has 41 heavy (non-hydrogen) atoms. The molecule has 0 saturated carbocycles. The van der Waals surface area contributed by atoms with Gasteiger partial charge in [0.2, 0.25) is 11.9 Å². The average Bonchev–Trinajstić information content (AvgIpc) is 3.69. The van der Waals surface area contributed by atoms with Crippen LogP contribution in [0, 0.1) is 18.3 Å². The van der Waals surface area contributed by atoms with Gasteiger partial charge in [0.25, 0.3) is 0 Å². The summed E-state index contributed by atoms with van der Waals surface area (Å²) in [6.45, 7) is 8.25. The topological polar surface area (TPSA) is 108 Å². The van der Waals surface area contributed by atoms with Crippen LogP contribution in [0.1, 0.15) is 53.4 Å². The van der Waals surface area contributed by atoms with E-state index in [0.717, 1.165) is 46.8 Å². The fraction of sp³-hybridized carbons (Fsp3) is 0.379. The maximum Gasteiger partial charge on any atom is 0.389 e. The quantitative estimate of drug-likeness (QED) is 0.270. The second-order valence-electron chi connectivity index (χ2n) is 10.4. The number of aryl methyl sites for hydroxylation is 2. The first-order chi connectivity index (χ1) is 19.7. The first-order valence-corrected chi connectivity index (χ1v) is 13.4. The molecule has 0 atom stereocenters. The van der Waals surface area contributed by atoms with Crippen molar-refractivity contribution < 1.29 is 18.0 Å². The van der Waals surface area contributed by atoms with Crippen molar-refractivity contribution in [3.63, 3.8) is 0 Å². The smallest absolute Gasteiger partial charge is 0.328 e. The summed E-state index contributed by atoms with van der Waals surface area (Å²) in [6.07, 6.45) is 2.06. The monoisotopic (exact) mass is 564 g/mol. The van der Waals surface area contributed by atoms with Gasteiger partial charge in [-0.3, -0.25) is 20.1 Å². The molecule has 4 aromatic rings. The number of piperidine rings is 1. The van der Waals surface area contributed by atoms with E-state index >= 15 is 0 Å². The van der Waals surface area contributed by atoms with Crippen LogP contribution in [0.15, 0.2) is 49.4 Å². The lowest BCUT2D eigenvalue weighted by molar-refractivity contribution is -0.134. The van der Waals surface area contributed by atoms with Crippen LogP contribution in [0.2, 0.25) is 0 Å². The zero-order chi connectivity index (χ0) is 29.1. The number of imidazole rings is 1. The Balaban J connectivity index is 1.31. The van der Waals surface area contributed by atoms with Gasteiger partial charge in [0.05, 0.1) is 18.9 Å². The number of rotatable bonds is 9. The Morgan fingerprint density at radius 2 is 2.05 bits per heavy atom. The summed E-state index contributed by atoms with van der Waals surface area (Å²) in [4.78, 5) is 18.5. The molecule has 214 valence electrons. The largest absolute Gasteiger partial charge is 0.389 e. The van der Waals surface area contributed by atoms with E-state index in [4.69, 9.17) is 0 Å². The van der Waals surface area contributed by atoms with Gasteiger partial charge in [0.1, 0.15) is 11.8 Å². The molecular weight excluding hydrogens is 533 g/mol. The number of nitriles is 1. The number of fused-ring (bicyclic) bond motifs is 1. The normalized spacial score (nSPS) is 14.8. The van der Waals surface area contributed by atoms with E-state index in [0.29, 0.717) is 37.3 Å². The SMILES string of the molecule is C=CC(=O)Nc1ncc(CCC(F)(F)F)n1C1CCN(Cc2ccc3c(cc(C#N)n3Cc3cn[nH]c3)c2C)CC1. The molecule has 0 aliphatic carbocycles. The number of H-pyrrole nitrogens is 1. The zero-order valence-electron chi connectivity index (χ0n) is 22.7. The Hall–Kier alpha value is -4.37. The number of halogens is 3. The number of hydrogen-bond donors (Lipinski definition) is 2. The molecule has 0 unspecified atom stereocenters. The summed E-state index contributed by atoms with van der Waals surface area (Å²) < 4.78 is 42.6. The number of aromatic amines is 1. The lowest BCUT2D eigenvalue weighted by atomic mass is 10.0. The summed E-state index contributed by atoms with van der Waals surface area (Å²) in [5.74, 6) is -0.208. The van der Waals surface area contributed by atoms with E-state index in [1.807, 2.05) is 16.8 Å². The molecule has 0 spiro atoms. The molecular formula is C29H31F3N8O. The van der Waals surface area contributed by atoms with Gasteiger partial charge < -0.3 is 9.13 Å². The Morgan fingerprint density at radius 3 is 2.71 bits per heavy atom. The van der Waals surface area contributed by atoms with E-state index in [9.17, 15) is 23.2 Å². The summed E-state index contributed by atoms with van der Waals surface area (Å²) >= 11 is 0. The number of amides is 1.